The van der Waals surface area contributed by atoms with Crippen molar-refractivity contribution in [3.8, 4) is 5.75 Å². The lowest BCUT2D eigenvalue weighted by Gasteiger charge is -2.12. The van der Waals surface area contributed by atoms with Crippen LogP contribution in [-0.4, -0.2) is 47.9 Å². The first kappa shape index (κ1) is 25.4. The Balaban J connectivity index is 1.30. The van der Waals surface area contributed by atoms with E-state index >= 15 is 0 Å². The quantitative estimate of drug-likeness (QED) is 0.270. The Morgan fingerprint density at radius 2 is 1.83 bits per heavy atom. The van der Waals surface area contributed by atoms with E-state index < -0.39 is 0 Å². The average molecular weight is 504 g/mol. The highest BCUT2D eigenvalue weighted by Gasteiger charge is 2.11. The molecular formula is C28H30ClN5O2. The molecule has 4 rings (SSSR count). The number of pyridine rings is 2. The maximum Gasteiger partial charge on any atom is 0.164 e. The van der Waals surface area contributed by atoms with E-state index in [4.69, 9.17) is 22.1 Å². The van der Waals surface area contributed by atoms with E-state index in [1.165, 1.54) is 0 Å². The van der Waals surface area contributed by atoms with Crippen molar-refractivity contribution in [3.05, 3.63) is 88.7 Å². The van der Waals surface area contributed by atoms with Gasteiger partial charge >= 0.3 is 0 Å². The third kappa shape index (κ3) is 6.71. The molecule has 2 aromatic heterocycles. The smallest absolute Gasteiger partial charge is 0.164 e. The number of nitrogens with one attached hydrogen (secondary N) is 1. The molecule has 3 N–H and O–H groups in total. The maximum absolute atomic E-state index is 12.8. The van der Waals surface area contributed by atoms with Gasteiger partial charge in [0.25, 0.3) is 0 Å². The van der Waals surface area contributed by atoms with Gasteiger partial charge in [-0.2, -0.15) is 0 Å². The number of ketones is 1. The van der Waals surface area contributed by atoms with Gasteiger partial charge in [-0.05, 0) is 61.3 Å². The van der Waals surface area contributed by atoms with Crippen molar-refractivity contribution in [2.75, 3.05) is 38.3 Å². The molecule has 0 unspecified atom stereocenters. The van der Waals surface area contributed by atoms with Crippen LogP contribution in [0.3, 0.4) is 0 Å². The van der Waals surface area contributed by atoms with E-state index in [2.05, 4.69) is 20.2 Å². The van der Waals surface area contributed by atoms with Crippen LogP contribution < -0.4 is 15.8 Å². The number of halogens is 1. The van der Waals surface area contributed by atoms with Crippen LogP contribution in [0.5, 0.6) is 5.75 Å². The summed E-state index contributed by atoms with van der Waals surface area (Å²) in [6.07, 6.45) is 4.24. The molecule has 0 fully saturated rings. The van der Waals surface area contributed by atoms with E-state index in [1.54, 1.807) is 18.5 Å². The number of nitrogen functional groups attached to an aromatic ring is 1. The summed E-state index contributed by atoms with van der Waals surface area (Å²) in [5, 5.41) is 5.58. The predicted octanol–water partition coefficient (Wildman–Crippen LogP) is 5.23. The van der Waals surface area contributed by atoms with Crippen LogP contribution >= 0.6 is 11.6 Å². The largest absolute Gasteiger partial charge is 0.492 e. The predicted molar refractivity (Wildman–Crippen MR) is 146 cm³/mol. The second-order valence-electron chi connectivity index (χ2n) is 8.88. The fourth-order valence-electron chi connectivity index (χ4n) is 3.76. The summed E-state index contributed by atoms with van der Waals surface area (Å²) in [4.78, 5) is 23.3. The van der Waals surface area contributed by atoms with Gasteiger partial charge in [0.1, 0.15) is 24.0 Å². The Morgan fingerprint density at radius 1 is 1.06 bits per heavy atom. The maximum atomic E-state index is 12.8. The van der Waals surface area contributed by atoms with Crippen LogP contribution in [-0.2, 0) is 13.0 Å². The molecule has 0 aliphatic rings. The number of hydrogen-bond donors (Lipinski definition) is 2. The standard InChI is InChI=1S/C28H30ClN5O2/c1-34(2)13-14-36-23-7-3-20(4-8-23)17-32-28-25(29)16-22(18-33-28)26(35)10-6-19-5-9-24-21(15-19)11-12-31-27(24)30/h3-5,7-9,11-12,15-16,18H,6,10,13-14,17H2,1-2H3,(H2,30,31)(H,32,33). The molecule has 4 aromatic rings. The second-order valence-corrected chi connectivity index (χ2v) is 9.29. The Hall–Kier alpha value is -3.68. The minimum Gasteiger partial charge on any atom is -0.492 e. The topological polar surface area (TPSA) is 93.4 Å². The van der Waals surface area contributed by atoms with Gasteiger partial charge in [0.05, 0.1) is 5.02 Å². The summed E-state index contributed by atoms with van der Waals surface area (Å²) in [5.41, 5.74) is 8.55. The molecule has 186 valence electrons. The van der Waals surface area contributed by atoms with Gasteiger partial charge in [0.2, 0.25) is 0 Å². The molecule has 0 spiro atoms. The molecule has 0 bridgehead atoms. The number of aryl methyl sites for hydroxylation is 1. The number of anilines is 2. The van der Waals surface area contributed by atoms with Crippen molar-refractivity contribution in [2.24, 2.45) is 0 Å². The molecule has 0 radical (unpaired) electrons. The highest BCUT2D eigenvalue weighted by atomic mass is 35.5. The fourth-order valence-corrected chi connectivity index (χ4v) is 4.00. The van der Waals surface area contributed by atoms with Crippen LogP contribution in [0, 0.1) is 0 Å². The lowest BCUT2D eigenvalue weighted by molar-refractivity contribution is 0.0982. The molecule has 0 aliphatic carbocycles. The number of benzene rings is 2. The summed E-state index contributed by atoms with van der Waals surface area (Å²) < 4.78 is 5.73. The highest BCUT2D eigenvalue weighted by Crippen LogP contribution is 2.24. The van der Waals surface area contributed by atoms with Gasteiger partial charge in [-0.1, -0.05) is 41.9 Å². The molecule has 2 heterocycles. The molecule has 0 amide bonds. The van der Waals surface area contributed by atoms with Gasteiger partial charge in [-0.15, -0.1) is 0 Å². The van der Waals surface area contributed by atoms with E-state index in [0.717, 1.165) is 34.2 Å². The molecule has 0 saturated carbocycles. The summed E-state index contributed by atoms with van der Waals surface area (Å²) >= 11 is 6.43. The molecule has 8 heteroatoms. The van der Waals surface area contributed by atoms with Gasteiger partial charge in [-0.3, -0.25) is 4.79 Å². The number of carbonyl (C=O) groups is 1. The number of carbonyl (C=O) groups excluding carboxylic acids is 1. The lowest BCUT2D eigenvalue weighted by Crippen LogP contribution is -2.19. The zero-order chi connectivity index (χ0) is 25.5. The third-order valence-electron chi connectivity index (χ3n) is 5.85. The lowest BCUT2D eigenvalue weighted by atomic mass is 10.0. The third-order valence-corrected chi connectivity index (χ3v) is 6.14. The number of fused-ring (bicyclic) bond motifs is 1. The zero-order valence-electron chi connectivity index (χ0n) is 20.5. The Kier molecular flexibility index (Phi) is 8.36. The van der Waals surface area contributed by atoms with Crippen molar-refractivity contribution in [1.29, 1.82) is 0 Å². The first-order valence-electron chi connectivity index (χ1n) is 11.8. The molecule has 0 aliphatic heterocycles. The molecule has 36 heavy (non-hydrogen) atoms. The summed E-state index contributed by atoms with van der Waals surface area (Å²) in [7, 11) is 4.03. The minimum absolute atomic E-state index is 0.00450. The number of rotatable bonds is 11. The average Bonchev–Trinajstić information content (AvgIpc) is 2.87. The molecule has 2 aromatic carbocycles. The van der Waals surface area contributed by atoms with Crippen molar-refractivity contribution in [2.45, 2.75) is 19.4 Å². The summed E-state index contributed by atoms with van der Waals surface area (Å²) in [6.45, 7) is 2.06. The monoisotopic (exact) mass is 503 g/mol. The van der Waals surface area contributed by atoms with Gasteiger partial charge < -0.3 is 20.7 Å². The van der Waals surface area contributed by atoms with Gasteiger partial charge in [0, 0.05) is 42.9 Å². The second kappa shape index (κ2) is 11.8. The van der Waals surface area contributed by atoms with E-state index in [9.17, 15) is 4.79 Å². The zero-order valence-corrected chi connectivity index (χ0v) is 21.3. The summed E-state index contributed by atoms with van der Waals surface area (Å²) in [5.74, 6) is 1.88. The molecule has 0 atom stereocenters. The van der Waals surface area contributed by atoms with E-state index in [-0.39, 0.29) is 5.78 Å². The molecule has 0 saturated heterocycles. The van der Waals surface area contributed by atoms with Crippen molar-refractivity contribution >= 4 is 39.8 Å². The highest BCUT2D eigenvalue weighted by molar-refractivity contribution is 6.33. The SMILES string of the molecule is CN(C)CCOc1ccc(CNc2ncc(C(=O)CCc3ccc4c(N)nccc4c3)cc2Cl)cc1. The molecule has 7 nitrogen and oxygen atoms in total. The molecular weight excluding hydrogens is 474 g/mol. The Bertz CT molecular complexity index is 1340. The van der Waals surface area contributed by atoms with Crippen LogP contribution in [0.4, 0.5) is 11.6 Å². The minimum atomic E-state index is -0.00450. The van der Waals surface area contributed by atoms with Crippen molar-refractivity contribution in [3.63, 3.8) is 0 Å². The normalized spacial score (nSPS) is 11.1. The van der Waals surface area contributed by atoms with Gasteiger partial charge in [0.15, 0.2) is 5.78 Å². The fraction of sp³-hybridized carbons (Fsp3) is 0.250. The number of aromatic nitrogens is 2. The van der Waals surface area contributed by atoms with Crippen LogP contribution in [0.2, 0.25) is 5.02 Å². The van der Waals surface area contributed by atoms with Gasteiger partial charge in [-0.25, -0.2) is 9.97 Å². The van der Waals surface area contributed by atoms with Crippen LogP contribution in [0.15, 0.2) is 67.0 Å². The first-order valence-corrected chi connectivity index (χ1v) is 12.2. The number of hydrogen-bond acceptors (Lipinski definition) is 7. The summed E-state index contributed by atoms with van der Waals surface area (Å²) in [6, 6.07) is 17.5. The number of nitrogens with two attached hydrogens (primary N) is 1. The van der Waals surface area contributed by atoms with Crippen LogP contribution in [0.1, 0.15) is 27.9 Å². The van der Waals surface area contributed by atoms with Crippen molar-refractivity contribution in [1.82, 2.24) is 14.9 Å². The number of likely N-dealkylation sites (N-methyl/N-ethyl adjacent to an activating group) is 1. The van der Waals surface area contributed by atoms with Crippen LogP contribution in [0.25, 0.3) is 10.8 Å². The number of nitrogens with zero attached hydrogens (tertiary/aromatic N) is 3. The Morgan fingerprint density at radius 3 is 2.58 bits per heavy atom. The first-order chi connectivity index (χ1) is 17.4. The van der Waals surface area contributed by atoms with E-state index in [1.807, 2.05) is 62.6 Å². The number of ether oxygens (including phenoxy) is 1. The Labute approximate surface area is 216 Å². The number of Topliss-reactive ketones (excluding diaryl/α,β-unsaturated/α-hetero) is 1. The van der Waals surface area contributed by atoms with Crippen molar-refractivity contribution < 1.29 is 9.53 Å². The van der Waals surface area contributed by atoms with E-state index in [0.29, 0.717) is 48.2 Å².